The third-order valence-corrected chi connectivity index (χ3v) is 3.82. The number of amides is 1. The van der Waals surface area contributed by atoms with Crippen molar-refractivity contribution in [2.45, 2.75) is 20.0 Å². The van der Waals surface area contributed by atoms with Gasteiger partial charge in [0, 0.05) is 25.8 Å². The number of carboxylic acids is 1. The highest BCUT2D eigenvalue weighted by Crippen LogP contribution is 2.26. The van der Waals surface area contributed by atoms with Crippen LogP contribution in [0.25, 0.3) is 0 Å². The molecule has 24 heavy (non-hydrogen) atoms. The van der Waals surface area contributed by atoms with Crippen LogP contribution >= 0.6 is 0 Å². The molecule has 1 aliphatic rings. The Morgan fingerprint density at radius 2 is 1.83 bits per heavy atom. The standard InChI is InChI=1S/C17H23NO6/c1-11-6-13(7-12(2)16(11)24-10-15(19)20)17(21)18-8-14(9-18)23-5-4-22-3/h6-7,14H,4-5,8-10H2,1-3H3,(H,19,20). The van der Waals surface area contributed by atoms with Crippen molar-refractivity contribution in [1.29, 1.82) is 0 Å². The number of hydrogen-bond donors (Lipinski definition) is 1. The average molecular weight is 337 g/mol. The molecule has 1 amide bonds. The number of carbonyl (C=O) groups is 2. The van der Waals surface area contributed by atoms with Crippen molar-refractivity contribution >= 4 is 11.9 Å². The van der Waals surface area contributed by atoms with E-state index in [2.05, 4.69) is 0 Å². The van der Waals surface area contributed by atoms with Crippen LogP contribution in [0.4, 0.5) is 0 Å². The summed E-state index contributed by atoms with van der Waals surface area (Å²) in [4.78, 5) is 24.8. The van der Waals surface area contributed by atoms with Crippen molar-refractivity contribution in [1.82, 2.24) is 4.90 Å². The molecule has 1 aromatic carbocycles. The van der Waals surface area contributed by atoms with Crippen LogP contribution in [0, 0.1) is 13.8 Å². The van der Waals surface area contributed by atoms with Gasteiger partial charge >= 0.3 is 5.97 Å². The first-order valence-electron chi connectivity index (χ1n) is 7.78. The number of carboxylic acid groups (broad SMARTS) is 1. The van der Waals surface area contributed by atoms with E-state index in [4.69, 9.17) is 19.3 Å². The molecule has 2 rings (SSSR count). The molecule has 0 radical (unpaired) electrons. The fraction of sp³-hybridized carbons (Fsp3) is 0.529. The molecule has 1 aliphatic heterocycles. The number of likely N-dealkylation sites (tertiary alicyclic amines) is 1. The van der Waals surface area contributed by atoms with Crippen LogP contribution in [0.15, 0.2) is 12.1 Å². The fourth-order valence-corrected chi connectivity index (χ4v) is 2.63. The quantitative estimate of drug-likeness (QED) is 0.719. The van der Waals surface area contributed by atoms with Gasteiger partial charge in [-0.05, 0) is 37.1 Å². The van der Waals surface area contributed by atoms with Gasteiger partial charge in [0.05, 0.1) is 19.3 Å². The van der Waals surface area contributed by atoms with Gasteiger partial charge < -0.3 is 24.2 Å². The summed E-state index contributed by atoms with van der Waals surface area (Å²) in [6.07, 6.45) is 0.0597. The van der Waals surface area contributed by atoms with E-state index in [1.807, 2.05) is 0 Å². The van der Waals surface area contributed by atoms with Gasteiger partial charge in [0.25, 0.3) is 5.91 Å². The van der Waals surface area contributed by atoms with Crippen LogP contribution < -0.4 is 4.74 Å². The number of ether oxygens (including phenoxy) is 3. The van der Waals surface area contributed by atoms with E-state index >= 15 is 0 Å². The molecule has 132 valence electrons. The Labute approximate surface area is 141 Å². The molecule has 0 saturated carbocycles. The van der Waals surface area contributed by atoms with Crippen molar-refractivity contribution < 1.29 is 28.9 Å². The molecule has 0 bridgehead atoms. The molecule has 0 spiro atoms. The minimum Gasteiger partial charge on any atom is -0.481 e. The largest absolute Gasteiger partial charge is 0.481 e. The minimum atomic E-state index is -1.03. The van der Waals surface area contributed by atoms with Crippen LogP contribution in [-0.4, -0.2) is 68.0 Å². The highest BCUT2D eigenvalue weighted by atomic mass is 16.5. The van der Waals surface area contributed by atoms with Gasteiger partial charge in [-0.15, -0.1) is 0 Å². The first-order chi connectivity index (χ1) is 11.4. The Kier molecular flexibility index (Phi) is 6.16. The van der Waals surface area contributed by atoms with Gasteiger partial charge in [0.15, 0.2) is 6.61 Å². The second-order valence-corrected chi connectivity index (χ2v) is 5.82. The lowest BCUT2D eigenvalue weighted by molar-refractivity contribution is -0.139. The Bertz CT molecular complexity index is 586. The maximum Gasteiger partial charge on any atom is 0.341 e. The summed E-state index contributed by atoms with van der Waals surface area (Å²) in [6, 6.07) is 3.46. The van der Waals surface area contributed by atoms with Gasteiger partial charge in [-0.2, -0.15) is 0 Å². The maximum atomic E-state index is 12.5. The molecular weight excluding hydrogens is 314 g/mol. The van der Waals surface area contributed by atoms with Crippen molar-refractivity contribution in [2.75, 3.05) is 40.0 Å². The number of carbonyl (C=O) groups excluding carboxylic acids is 1. The zero-order valence-corrected chi connectivity index (χ0v) is 14.2. The predicted octanol–water partition coefficient (Wildman–Crippen LogP) is 1.25. The molecule has 7 heteroatoms. The van der Waals surface area contributed by atoms with Crippen LogP contribution in [0.3, 0.4) is 0 Å². The summed E-state index contributed by atoms with van der Waals surface area (Å²) >= 11 is 0. The average Bonchev–Trinajstić information content (AvgIpc) is 2.47. The van der Waals surface area contributed by atoms with Gasteiger partial charge in [-0.1, -0.05) is 0 Å². The monoisotopic (exact) mass is 337 g/mol. The zero-order chi connectivity index (χ0) is 17.7. The molecule has 0 aliphatic carbocycles. The van der Waals surface area contributed by atoms with Gasteiger partial charge in [-0.3, -0.25) is 4.79 Å². The molecule has 1 heterocycles. The van der Waals surface area contributed by atoms with Crippen LogP contribution in [-0.2, 0) is 14.3 Å². The summed E-state index contributed by atoms with van der Waals surface area (Å²) < 4.78 is 15.8. The Morgan fingerprint density at radius 1 is 1.21 bits per heavy atom. The fourth-order valence-electron chi connectivity index (χ4n) is 2.63. The number of nitrogens with zero attached hydrogens (tertiary/aromatic N) is 1. The van der Waals surface area contributed by atoms with Crippen molar-refractivity contribution in [3.05, 3.63) is 28.8 Å². The number of aliphatic carboxylic acids is 1. The normalized spacial score (nSPS) is 14.4. The molecular formula is C17H23NO6. The second-order valence-electron chi connectivity index (χ2n) is 5.82. The Morgan fingerprint density at radius 3 is 2.38 bits per heavy atom. The van der Waals surface area contributed by atoms with E-state index in [0.717, 1.165) is 11.1 Å². The lowest BCUT2D eigenvalue weighted by Gasteiger charge is -2.39. The van der Waals surface area contributed by atoms with Crippen LogP contribution in [0.1, 0.15) is 21.5 Å². The van der Waals surface area contributed by atoms with Gasteiger partial charge in [0.2, 0.25) is 0 Å². The summed E-state index contributed by atoms with van der Waals surface area (Å²) in [5, 5.41) is 8.71. The van der Waals surface area contributed by atoms with Crippen molar-refractivity contribution in [2.24, 2.45) is 0 Å². The van der Waals surface area contributed by atoms with Crippen LogP contribution in [0.2, 0.25) is 0 Å². The maximum absolute atomic E-state index is 12.5. The number of methoxy groups -OCH3 is 1. The van der Waals surface area contributed by atoms with E-state index in [-0.39, 0.29) is 12.0 Å². The first-order valence-corrected chi connectivity index (χ1v) is 7.78. The number of aryl methyl sites for hydroxylation is 2. The second kappa shape index (κ2) is 8.12. The van der Waals surface area contributed by atoms with E-state index in [1.54, 1.807) is 38.0 Å². The lowest BCUT2D eigenvalue weighted by Crippen LogP contribution is -2.55. The SMILES string of the molecule is COCCOC1CN(C(=O)c2cc(C)c(OCC(=O)O)c(C)c2)C1. The van der Waals surface area contributed by atoms with Gasteiger partial charge in [-0.25, -0.2) is 4.79 Å². The zero-order valence-electron chi connectivity index (χ0n) is 14.2. The van der Waals surface area contributed by atoms with Gasteiger partial charge in [0.1, 0.15) is 5.75 Å². The topological polar surface area (TPSA) is 85.3 Å². The molecule has 1 fully saturated rings. The minimum absolute atomic E-state index is 0.0578. The summed E-state index contributed by atoms with van der Waals surface area (Å²) in [5.41, 5.74) is 2.06. The van der Waals surface area contributed by atoms with E-state index in [9.17, 15) is 9.59 Å². The lowest BCUT2D eigenvalue weighted by atomic mass is 10.0. The molecule has 7 nitrogen and oxygen atoms in total. The summed E-state index contributed by atoms with van der Waals surface area (Å²) in [7, 11) is 1.62. The third-order valence-electron chi connectivity index (χ3n) is 3.82. The van der Waals surface area contributed by atoms with E-state index in [0.29, 0.717) is 37.6 Å². The number of rotatable bonds is 8. The van der Waals surface area contributed by atoms with Crippen LogP contribution in [0.5, 0.6) is 5.75 Å². The summed E-state index contributed by atoms with van der Waals surface area (Å²) in [5.74, 6) is -0.579. The molecule has 0 aromatic heterocycles. The van der Waals surface area contributed by atoms with Crippen molar-refractivity contribution in [3.8, 4) is 5.75 Å². The number of hydrogen-bond acceptors (Lipinski definition) is 5. The highest BCUT2D eigenvalue weighted by Gasteiger charge is 2.32. The highest BCUT2D eigenvalue weighted by molar-refractivity contribution is 5.95. The molecule has 0 atom stereocenters. The molecule has 0 unspecified atom stereocenters. The number of benzene rings is 1. The Hall–Kier alpha value is -2.12. The smallest absolute Gasteiger partial charge is 0.341 e. The molecule has 1 N–H and O–H groups in total. The van der Waals surface area contributed by atoms with E-state index < -0.39 is 12.6 Å². The van der Waals surface area contributed by atoms with Crippen molar-refractivity contribution in [3.63, 3.8) is 0 Å². The summed E-state index contributed by atoms with van der Waals surface area (Å²) in [6.45, 7) is 5.40. The molecule has 1 saturated heterocycles. The van der Waals surface area contributed by atoms with E-state index in [1.165, 1.54) is 0 Å². The molecule has 1 aromatic rings. The predicted molar refractivity (Wildman–Crippen MR) is 86.6 cm³/mol. The Balaban J connectivity index is 1.95. The first kappa shape index (κ1) is 18.2. The third kappa shape index (κ3) is 4.46.